The zero-order valence-electron chi connectivity index (χ0n) is 10.9. The van der Waals surface area contributed by atoms with Gasteiger partial charge in [-0.1, -0.05) is 30.3 Å². The monoisotopic (exact) mass is 279 g/mol. The van der Waals surface area contributed by atoms with Gasteiger partial charge < -0.3 is 19.8 Å². The van der Waals surface area contributed by atoms with Crippen LogP contribution in [0.25, 0.3) is 0 Å². The van der Waals surface area contributed by atoms with Crippen LogP contribution in [-0.4, -0.2) is 45.9 Å². The number of amides is 1. The predicted molar refractivity (Wildman–Crippen MR) is 70.0 cm³/mol. The molecule has 0 aliphatic carbocycles. The van der Waals surface area contributed by atoms with Crippen molar-refractivity contribution in [3.63, 3.8) is 0 Å². The van der Waals surface area contributed by atoms with Crippen LogP contribution in [0.1, 0.15) is 18.4 Å². The Kier molecular flexibility index (Phi) is 4.57. The van der Waals surface area contributed by atoms with Crippen molar-refractivity contribution in [3.8, 4) is 0 Å². The van der Waals surface area contributed by atoms with Crippen molar-refractivity contribution in [2.75, 3.05) is 6.54 Å². The molecule has 6 heteroatoms. The van der Waals surface area contributed by atoms with Crippen molar-refractivity contribution < 1.29 is 24.5 Å². The molecular weight excluding hydrogens is 262 g/mol. The first-order valence-corrected chi connectivity index (χ1v) is 6.43. The number of carbonyl (C=O) groups is 2. The lowest BCUT2D eigenvalue weighted by Gasteiger charge is -2.22. The maximum absolute atomic E-state index is 12.0. The number of benzene rings is 1. The molecule has 108 valence electrons. The Morgan fingerprint density at radius 3 is 2.65 bits per heavy atom. The third kappa shape index (κ3) is 3.71. The summed E-state index contributed by atoms with van der Waals surface area (Å²) < 4.78 is 5.16. The zero-order chi connectivity index (χ0) is 14.5. The van der Waals surface area contributed by atoms with E-state index in [-0.39, 0.29) is 26.0 Å². The Morgan fingerprint density at radius 1 is 1.30 bits per heavy atom. The molecule has 1 aromatic carbocycles. The fourth-order valence-corrected chi connectivity index (χ4v) is 2.31. The molecule has 2 rings (SSSR count). The lowest BCUT2D eigenvalue weighted by Crippen LogP contribution is -2.37. The number of hydrogen-bond acceptors (Lipinski definition) is 4. The molecule has 0 unspecified atom stereocenters. The molecule has 1 aromatic rings. The fraction of sp³-hybridized carbons (Fsp3) is 0.429. The van der Waals surface area contributed by atoms with Crippen molar-refractivity contribution in [3.05, 3.63) is 35.9 Å². The SMILES string of the molecule is O=C(O)C[C@@H]1C[C@H](O)CN1C(=O)OCc1ccccc1. The number of carboxylic acid groups (broad SMARTS) is 1. The summed E-state index contributed by atoms with van der Waals surface area (Å²) in [5.41, 5.74) is 0.857. The van der Waals surface area contributed by atoms with Crippen LogP contribution in [0.3, 0.4) is 0 Å². The highest BCUT2D eigenvalue weighted by Gasteiger charge is 2.36. The summed E-state index contributed by atoms with van der Waals surface area (Å²) in [4.78, 5) is 24.0. The molecule has 1 heterocycles. The lowest BCUT2D eigenvalue weighted by atomic mass is 10.1. The molecule has 0 saturated carbocycles. The van der Waals surface area contributed by atoms with E-state index in [0.29, 0.717) is 0 Å². The highest BCUT2D eigenvalue weighted by atomic mass is 16.6. The Bertz CT molecular complexity index is 476. The first kappa shape index (κ1) is 14.3. The number of likely N-dealkylation sites (tertiary alicyclic amines) is 1. The van der Waals surface area contributed by atoms with Crippen molar-refractivity contribution in [2.24, 2.45) is 0 Å². The molecule has 1 amide bonds. The summed E-state index contributed by atoms with van der Waals surface area (Å²) in [5.74, 6) is -0.995. The van der Waals surface area contributed by atoms with Crippen LogP contribution in [0.4, 0.5) is 4.79 Å². The molecule has 1 aliphatic rings. The number of hydrogen-bond donors (Lipinski definition) is 2. The Labute approximate surface area is 116 Å². The van der Waals surface area contributed by atoms with E-state index in [4.69, 9.17) is 9.84 Å². The van der Waals surface area contributed by atoms with E-state index in [9.17, 15) is 14.7 Å². The van der Waals surface area contributed by atoms with Crippen molar-refractivity contribution >= 4 is 12.1 Å². The van der Waals surface area contributed by atoms with Gasteiger partial charge in [-0.05, 0) is 12.0 Å². The van der Waals surface area contributed by atoms with Gasteiger partial charge in [-0.3, -0.25) is 4.79 Å². The highest BCUT2D eigenvalue weighted by molar-refractivity contribution is 5.72. The molecule has 0 radical (unpaired) electrons. The number of carbonyl (C=O) groups excluding carboxylic acids is 1. The average Bonchev–Trinajstić information content (AvgIpc) is 2.77. The van der Waals surface area contributed by atoms with Gasteiger partial charge in [0.2, 0.25) is 0 Å². The molecule has 0 bridgehead atoms. The zero-order valence-corrected chi connectivity index (χ0v) is 10.9. The molecule has 1 saturated heterocycles. The fourth-order valence-electron chi connectivity index (χ4n) is 2.31. The number of nitrogens with zero attached hydrogens (tertiary/aromatic N) is 1. The number of aliphatic carboxylic acids is 1. The summed E-state index contributed by atoms with van der Waals surface area (Å²) in [6, 6.07) is 8.71. The van der Waals surface area contributed by atoms with Gasteiger partial charge >= 0.3 is 12.1 Å². The normalized spacial score (nSPS) is 21.8. The quantitative estimate of drug-likeness (QED) is 0.865. The number of ether oxygens (including phenoxy) is 1. The molecule has 20 heavy (non-hydrogen) atoms. The number of carboxylic acids is 1. The smallest absolute Gasteiger partial charge is 0.410 e. The summed E-state index contributed by atoms with van der Waals surface area (Å²) in [5, 5.41) is 18.4. The molecule has 1 fully saturated rings. The molecule has 2 atom stereocenters. The minimum atomic E-state index is -0.995. The Hall–Kier alpha value is -2.08. The minimum absolute atomic E-state index is 0.117. The van der Waals surface area contributed by atoms with Crippen molar-refractivity contribution in [1.29, 1.82) is 0 Å². The minimum Gasteiger partial charge on any atom is -0.481 e. The molecule has 1 aliphatic heterocycles. The molecule has 2 N–H and O–H groups in total. The molecule has 6 nitrogen and oxygen atoms in total. The van der Waals surface area contributed by atoms with Crippen LogP contribution < -0.4 is 0 Å². The number of β-amino-alcohol motifs (C(OH)–C–C–N with tert-alkyl or cyclic N) is 1. The van der Waals surface area contributed by atoms with E-state index in [1.807, 2.05) is 30.3 Å². The summed E-state index contributed by atoms with van der Waals surface area (Å²) >= 11 is 0. The van der Waals surface area contributed by atoms with E-state index in [0.717, 1.165) is 5.56 Å². The van der Waals surface area contributed by atoms with E-state index in [1.54, 1.807) is 0 Å². The first-order valence-electron chi connectivity index (χ1n) is 6.43. The number of aliphatic hydroxyl groups is 1. The average molecular weight is 279 g/mol. The van der Waals surface area contributed by atoms with Crippen LogP contribution in [0.5, 0.6) is 0 Å². The van der Waals surface area contributed by atoms with Crippen molar-refractivity contribution in [1.82, 2.24) is 4.90 Å². The van der Waals surface area contributed by atoms with E-state index >= 15 is 0 Å². The van der Waals surface area contributed by atoms with E-state index < -0.39 is 24.2 Å². The van der Waals surface area contributed by atoms with Crippen LogP contribution in [0.15, 0.2) is 30.3 Å². The van der Waals surface area contributed by atoms with Gasteiger partial charge in [0.1, 0.15) is 6.61 Å². The second-order valence-corrected chi connectivity index (χ2v) is 4.83. The number of rotatable bonds is 4. The Morgan fingerprint density at radius 2 is 2.00 bits per heavy atom. The first-order chi connectivity index (χ1) is 9.56. The lowest BCUT2D eigenvalue weighted by molar-refractivity contribution is -0.138. The second kappa shape index (κ2) is 6.38. The third-order valence-corrected chi connectivity index (χ3v) is 3.24. The second-order valence-electron chi connectivity index (χ2n) is 4.83. The van der Waals surface area contributed by atoms with Gasteiger partial charge in [-0.15, -0.1) is 0 Å². The predicted octanol–water partition coefficient (Wildman–Crippen LogP) is 1.23. The summed E-state index contributed by atoms with van der Waals surface area (Å²) in [6.45, 7) is 0.248. The number of aliphatic hydroxyl groups excluding tert-OH is 1. The maximum Gasteiger partial charge on any atom is 0.410 e. The van der Waals surface area contributed by atoms with Crippen molar-refractivity contribution in [2.45, 2.75) is 31.6 Å². The summed E-state index contributed by atoms with van der Waals surface area (Å²) in [6.07, 6.45) is -1.19. The van der Waals surface area contributed by atoms with Gasteiger partial charge in [0.15, 0.2) is 0 Å². The molecule has 0 aromatic heterocycles. The van der Waals surface area contributed by atoms with Crippen LogP contribution in [-0.2, 0) is 16.1 Å². The standard InChI is InChI=1S/C14H17NO5/c16-12-6-11(7-13(17)18)15(8-12)14(19)20-9-10-4-2-1-3-5-10/h1-5,11-12,16H,6-9H2,(H,17,18)/t11-,12-/m0/s1. The Balaban J connectivity index is 1.91. The topological polar surface area (TPSA) is 87.1 Å². The van der Waals surface area contributed by atoms with Gasteiger partial charge in [0.25, 0.3) is 0 Å². The van der Waals surface area contributed by atoms with Crippen LogP contribution in [0, 0.1) is 0 Å². The van der Waals surface area contributed by atoms with Gasteiger partial charge in [-0.25, -0.2) is 4.79 Å². The third-order valence-electron chi connectivity index (χ3n) is 3.24. The van der Waals surface area contributed by atoms with E-state index in [1.165, 1.54) is 4.90 Å². The molecular formula is C14H17NO5. The summed E-state index contributed by atoms with van der Waals surface area (Å²) in [7, 11) is 0. The van der Waals surface area contributed by atoms with Gasteiger partial charge in [-0.2, -0.15) is 0 Å². The molecule has 0 spiro atoms. The van der Waals surface area contributed by atoms with Gasteiger partial charge in [0, 0.05) is 6.04 Å². The van der Waals surface area contributed by atoms with Crippen LogP contribution in [0.2, 0.25) is 0 Å². The van der Waals surface area contributed by atoms with Gasteiger partial charge in [0.05, 0.1) is 19.1 Å². The van der Waals surface area contributed by atoms with Crippen LogP contribution >= 0.6 is 0 Å². The van der Waals surface area contributed by atoms with E-state index in [2.05, 4.69) is 0 Å². The largest absolute Gasteiger partial charge is 0.481 e. The highest BCUT2D eigenvalue weighted by Crippen LogP contribution is 2.22. The maximum atomic E-state index is 12.0.